The molecule has 1 aromatic rings. The first-order chi connectivity index (χ1) is 9.15. The largest absolute Gasteiger partial charge is 0.326 e. The summed E-state index contributed by atoms with van der Waals surface area (Å²) in [6.07, 6.45) is 2.68. The molecule has 0 saturated carbocycles. The molecule has 1 amide bonds. The zero-order chi connectivity index (χ0) is 13.7. The Morgan fingerprint density at radius 1 is 1.53 bits per heavy atom. The fourth-order valence-electron chi connectivity index (χ4n) is 2.32. The van der Waals surface area contributed by atoms with Crippen molar-refractivity contribution in [3.8, 4) is 0 Å². The molecule has 2 rings (SSSR count). The number of hydrogen-bond acceptors (Lipinski definition) is 3. The van der Waals surface area contributed by atoms with Gasteiger partial charge in [0.2, 0.25) is 5.91 Å². The topological polar surface area (TPSA) is 41.1 Å². The fraction of sp³-hybridized carbons (Fsp3) is 0.533. The second kappa shape index (κ2) is 6.96. The molecular formula is C15H22N2OS. The minimum atomic E-state index is -0.0277. The predicted octanol–water partition coefficient (Wildman–Crippen LogP) is 3.19. The maximum Gasteiger partial charge on any atom is 0.221 e. The average molecular weight is 278 g/mol. The third kappa shape index (κ3) is 4.55. The number of carbonyl (C=O) groups excluding carboxylic acids is 1. The van der Waals surface area contributed by atoms with Crippen molar-refractivity contribution < 1.29 is 4.79 Å². The van der Waals surface area contributed by atoms with Gasteiger partial charge in [0.05, 0.1) is 0 Å². The first-order valence-electron chi connectivity index (χ1n) is 6.87. The second-order valence-corrected chi connectivity index (χ2v) is 6.48. The van der Waals surface area contributed by atoms with Gasteiger partial charge in [-0.3, -0.25) is 4.79 Å². The van der Waals surface area contributed by atoms with Crippen molar-refractivity contribution in [3.05, 3.63) is 29.8 Å². The molecule has 1 aliphatic heterocycles. The number of benzene rings is 1. The summed E-state index contributed by atoms with van der Waals surface area (Å²) in [5.41, 5.74) is 2.09. The van der Waals surface area contributed by atoms with E-state index in [9.17, 15) is 4.79 Å². The summed E-state index contributed by atoms with van der Waals surface area (Å²) in [4.78, 5) is 11.1. The van der Waals surface area contributed by atoms with Crippen molar-refractivity contribution >= 4 is 23.4 Å². The van der Waals surface area contributed by atoms with E-state index in [-0.39, 0.29) is 5.91 Å². The van der Waals surface area contributed by atoms with Gasteiger partial charge in [0.15, 0.2) is 0 Å². The molecule has 1 heterocycles. The molecule has 1 aliphatic rings. The van der Waals surface area contributed by atoms with Crippen LogP contribution in [-0.2, 0) is 4.79 Å². The van der Waals surface area contributed by atoms with Crippen LogP contribution in [0.15, 0.2) is 24.3 Å². The van der Waals surface area contributed by atoms with Crippen LogP contribution in [0.3, 0.4) is 0 Å². The lowest BCUT2D eigenvalue weighted by atomic mass is 10.1. The van der Waals surface area contributed by atoms with Crippen LogP contribution in [0.25, 0.3) is 0 Å². The highest BCUT2D eigenvalue weighted by molar-refractivity contribution is 8.00. The van der Waals surface area contributed by atoms with E-state index in [1.165, 1.54) is 31.1 Å². The van der Waals surface area contributed by atoms with Crippen LogP contribution < -0.4 is 10.6 Å². The summed E-state index contributed by atoms with van der Waals surface area (Å²) in [5, 5.41) is 7.18. The van der Waals surface area contributed by atoms with Crippen molar-refractivity contribution in [2.75, 3.05) is 17.6 Å². The van der Waals surface area contributed by atoms with Gasteiger partial charge in [0.1, 0.15) is 0 Å². The van der Waals surface area contributed by atoms with Gasteiger partial charge in [-0.15, -0.1) is 0 Å². The number of nitrogens with one attached hydrogen (secondary N) is 2. The van der Waals surface area contributed by atoms with Gasteiger partial charge < -0.3 is 10.6 Å². The van der Waals surface area contributed by atoms with Gasteiger partial charge in [0.25, 0.3) is 0 Å². The number of carbonyl (C=O) groups is 1. The average Bonchev–Trinajstić information content (AvgIpc) is 2.88. The predicted molar refractivity (Wildman–Crippen MR) is 82.6 cm³/mol. The smallest absolute Gasteiger partial charge is 0.221 e. The Hall–Kier alpha value is -1.00. The van der Waals surface area contributed by atoms with E-state index < -0.39 is 0 Å². The molecule has 0 spiro atoms. The van der Waals surface area contributed by atoms with Crippen molar-refractivity contribution in [2.45, 2.75) is 38.0 Å². The molecule has 0 bridgehead atoms. The molecule has 2 atom stereocenters. The van der Waals surface area contributed by atoms with Crippen LogP contribution in [0.4, 0.5) is 5.69 Å². The summed E-state index contributed by atoms with van der Waals surface area (Å²) in [5.74, 6) is 1.28. The zero-order valence-corrected chi connectivity index (χ0v) is 12.4. The highest BCUT2D eigenvalue weighted by Crippen LogP contribution is 2.26. The van der Waals surface area contributed by atoms with Gasteiger partial charge in [-0.1, -0.05) is 12.1 Å². The van der Waals surface area contributed by atoms with Crippen molar-refractivity contribution in [1.82, 2.24) is 5.32 Å². The molecule has 1 saturated heterocycles. The molecule has 1 fully saturated rings. The Morgan fingerprint density at radius 3 is 3.05 bits per heavy atom. The molecular weight excluding hydrogens is 256 g/mol. The maximum atomic E-state index is 11.1. The highest BCUT2D eigenvalue weighted by Gasteiger charge is 2.16. The van der Waals surface area contributed by atoms with Gasteiger partial charge >= 0.3 is 0 Å². The quantitative estimate of drug-likeness (QED) is 0.869. The summed E-state index contributed by atoms with van der Waals surface area (Å²) in [6, 6.07) is 8.37. The van der Waals surface area contributed by atoms with E-state index in [4.69, 9.17) is 0 Å². The van der Waals surface area contributed by atoms with Crippen LogP contribution in [0.2, 0.25) is 0 Å². The number of anilines is 1. The van der Waals surface area contributed by atoms with Gasteiger partial charge in [0, 0.05) is 30.4 Å². The summed E-state index contributed by atoms with van der Waals surface area (Å²) >= 11 is 2.07. The summed E-state index contributed by atoms with van der Waals surface area (Å²) in [6.45, 7) is 4.77. The molecule has 4 heteroatoms. The van der Waals surface area contributed by atoms with Crippen LogP contribution in [-0.4, -0.2) is 23.5 Å². The third-order valence-electron chi connectivity index (χ3n) is 3.38. The molecule has 0 radical (unpaired) electrons. The van der Waals surface area contributed by atoms with Crippen molar-refractivity contribution in [1.29, 1.82) is 0 Å². The third-order valence-corrected chi connectivity index (χ3v) is 4.78. The van der Waals surface area contributed by atoms with E-state index in [0.717, 1.165) is 17.5 Å². The van der Waals surface area contributed by atoms with E-state index in [2.05, 4.69) is 35.4 Å². The molecule has 3 nitrogen and oxygen atoms in total. The Bertz CT molecular complexity index is 430. The fourth-order valence-corrected chi connectivity index (χ4v) is 3.53. The SMILES string of the molecule is CC(=O)Nc1cccc(C(C)NCC2CCCS2)c1. The molecule has 0 aromatic heterocycles. The van der Waals surface area contributed by atoms with E-state index in [0.29, 0.717) is 6.04 Å². The molecule has 19 heavy (non-hydrogen) atoms. The monoisotopic (exact) mass is 278 g/mol. The lowest BCUT2D eigenvalue weighted by molar-refractivity contribution is -0.114. The molecule has 104 valence electrons. The van der Waals surface area contributed by atoms with E-state index >= 15 is 0 Å². The lowest BCUT2D eigenvalue weighted by Gasteiger charge is -2.18. The summed E-state index contributed by atoms with van der Waals surface area (Å²) < 4.78 is 0. The molecule has 2 unspecified atom stereocenters. The Balaban J connectivity index is 1.90. The van der Waals surface area contributed by atoms with Crippen LogP contribution in [0.1, 0.15) is 38.3 Å². The lowest BCUT2D eigenvalue weighted by Crippen LogP contribution is -2.26. The maximum absolute atomic E-state index is 11.1. The number of thioether (sulfide) groups is 1. The van der Waals surface area contributed by atoms with Crippen LogP contribution in [0.5, 0.6) is 0 Å². The van der Waals surface area contributed by atoms with Crippen LogP contribution in [0, 0.1) is 0 Å². The standard InChI is InChI=1S/C15H22N2OS/c1-11(16-10-15-7-4-8-19-15)13-5-3-6-14(9-13)17-12(2)18/h3,5-6,9,11,15-16H,4,7-8,10H2,1-2H3,(H,17,18). The van der Waals surface area contributed by atoms with Gasteiger partial charge in [-0.2, -0.15) is 11.8 Å². The van der Waals surface area contributed by atoms with Crippen LogP contribution >= 0.6 is 11.8 Å². The Labute approximate surface area is 119 Å². The first kappa shape index (κ1) is 14.4. The normalized spacial score (nSPS) is 20.2. The molecule has 0 aliphatic carbocycles. The number of amides is 1. The zero-order valence-electron chi connectivity index (χ0n) is 11.6. The number of hydrogen-bond donors (Lipinski definition) is 2. The summed E-state index contributed by atoms with van der Waals surface area (Å²) in [7, 11) is 0. The van der Waals surface area contributed by atoms with E-state index in [1.54, 1.807) is 0 Å². The van der Waals surface area contributed by atoms with Crippen molar-refractivity contribution in [2.24, 2.45) is 0 Å². The molecule has 1 aromatic carbocycles. The van der Waals surface area contributed by atoms with Gasteiger partial charge in [-0.05, 0) is 43.2 Å². The van der Waals surface area contributed by atoms with E-state index in [1.807, 2.05) is 18.2 Å². The van der Waals surface area contributed by atoms with Crippen molar-refractivity contribution in [3.63, 3.8) is 0 Å². The molecule has 2 N–H and O–H groups in total. The minimum Gasteiger partial charge on any atom is -0.326 e. The highest BCUT2D eigenvalue weighted by atomic mass is 32.2. The Morgan fingerprint density at radius 2 is 2.37 bits per heavy atom. The Kier molecular flexibility index (Phi) is 5.28. The van der Waals surface area contributed by atoms with Gasteiger partial charge in [-0.25, -0.2) is 0 Å². The number of rotatable bonds is 5. The first-order valence-corrected chi connectivity index (χ1v) is 7.92. The minimum absolute atomic E-state index is 0.0277. The second-order valence-electron chi connectivity index (χ2n) is 5.07.